The topological polar surface area (TPSA) is 84.9 Å². The molecule has 0 saturated carbocycles. The normalized spacial score (nSPS) is 16.8. The molecule has 1 heterocycles. The standard InChI is InChI=1S/C22H28N2O5S/c1-28-19-9-11-21(12-10-19)30(26,27)23-16-18-6-5-14-24(17-18)22(25)13-15-29-20-7-3-2-4-8-20/h2-4,7-12,18,23H,5-6,13-17H2,1H3/t18-/m0/s1. The Morgan fingerprint density at radius 3 is 2.53 bits per heavy atom. The number of para-hydroxylation sites is 1. The Morgan fingerprint density at radius 2 is 1.83 bits per heavy atom. The molecule has 1 fully saturated rings. The molecule has 0 spiro atoms. The molecule has 30 heavy (non-hydrogen) atoms. The van der Waals surface area contributed by atoms with Gasteiger partial charge in [-0.3, -0.25) is 4.79 Å². The highest BCUT2D eigenvalue weighted by Gasteiger charge is 2.25. The lowest BCUT2D eigenvalue weighted by Crippen LogP contribution is -2.44. The highest BCUT2D eigenvalue weighted by molar-refractivity contribution is 7.89. The molecule has 162 valence electrons. The number of benzene rings is 2. The Balaban J connectivity index is 1.46. The predicted molar refractivity (Wildman–Crippen MR) is 114 cm³/mol. The van der Waals surface area contributed by atoms with Crippen LogP contribution in [-0.4, -0.2) is 52.6 Å². The van der Waals surface area contributed by atoms with Crippen molar-refractivity contribution in [3.05, 3.63) is 54.6 Å². The summed E-state index contributed by atoms with van der Waals surface area (Å²) in [5.74, 6) is 1.47. The molecule has 0 aromatic heterocycles. The van der Waals surface area contributed by atoms with Crippen molar-refractivity contribution in [3.63, 3.8) is 0 Å². The van der Waals surface area contributed by atoms with Crippen LogP contribution < -0.4 is 14.2 Å². The lowest BCUT2D eigenvalue weighted by Gasteiger charge is -2.33. The van der Waals surface area contributed by atoms with Gasteiger partial charge in [0.1, 0.15) is 11.5 Å². The number of nitrogens with one attached hydrogen (secondary N) is 1. The van der Waals surface area contributed by atoms with E-state index in [0.29, 0.717) is 38.4 Å². The van der Waals surface area contributed by atoms with Crippen LogP contribution in [0, 0.1) is 5.92 Å². The summed E-state index contributed by atoms with van der Waals surface area (Å²) in [5.41, 5.74) is 0. The SMILES string of the molecule is COc1ccc(S(=O)(=O)NC[C@@H]2CCCN(C(=O)CCOc3ccccc3)C2)cc1. The average molecular weight is 433 g/mol. The number of carbonyl (C=O) groups excluding carboxylic acids is 1. The monoisotopic (exact) mass is 432 g/mol. The number of hydrogen-bond acceptors (Lipinski definition) is 5. The molecule has 1 N–H and O–H groups in total. The Kier molecular flexibility index (Phi) is 7.70. The van der Waals surface area contributed by atoms with Crippen molar-refractivity contribution >= 4 is 15.9 Å². The molecular weight excluding hydrogens is 404 g/mol. The van der Waals surface area contributed by atoms with E-state index >= 15 is 0 Å². The maximum atomic E-state index is 12.5. The summed E-state index contributed by atoms with van der Waals surface area (Å²) in [5, 5.41) is 0. The molecular formula is C22H28N2O5S. The smallest absolute Gasteiger partial charge is 0.240 e. The number of sulfonamides is 1. The van der Waals surface area contributed by atoms with Gasteiger partial charge in [-0.25, -0.2) is 13.1 Å². The Labute approximate surface area is 178 Å². The van der Waals surface area contributed by atoms with Crippen LogP contribution in [0.15, 0.2) is 59.5 Å². The fourth-order valence-corrected chi connectivity index (χ4v) is 4.57. The van der Waals surface area contributed by atoms with Crippen LogP contribution in [0.2, 0.25) is 0 Å². The first-order chi connectivity index (χ1) is 14.5. The van der Waals surface area contributed by atoms with Gasteiger partial charge in [-0.1, -0.05) is 18.2 Å². The second kappa shape index (κ2) is 10.4. The molecule has 1 atom stereocenters. The van der Waals surface area contributed by atoms with Crippen molar-refractivity contribution in [1.82, 2.24) is 9.62 Å². The number of hydrogen-bond donors (Lipinski definition) is 1. The maximum absolute atomic E-state index is 12.5. The summed E-state index contributed by atoms with van der Waals surface area (Å²) in [4.78, 5) is 14.5. The zero-order valence-electron chi connectivity index (χ0n) is 17.1. The molecule has 2 aromatic rings. The summed E-state index contributed by atoms with van der Waals surface area (Å²) in [6.07, 6.45) is 2.05. The predicted octanol–water partition coefficient (Wildman–Crippen LogP) is 2.68. The first-order valence-corrected chi connectivity index (χ1v) is 11.6. The number of carbonyl (C=O) groups is 1. The van der Waals surface area contributed by atoms with E-state index in [4.69, 9.17) is 9.47 Å². The number of rotatable bonds is 9. The van der Waals surface area contributed by atoms with Gasteiger partial charge in [-0.2, -0.15) is 0 Å². The lowest BCUT2D eigenvalue weighted by molar-refractivity contribution is -0.133. The van der Waals surface area contributed by atoms with Crippen molar-refractivity contribution in [3.8, 4) is 11.5 Å². The zero-order valence-corrected chi connectivity index (χ0v) is 17.9. The van der Waals surface area contributed by atoms with Crippen LogP contribution in [-0.2, 0) is 14.8 Å². The minimum atomic E-state index is -3.60. The second-order valence-corrected chi connectivity index (χ2v) is 9.05. The van der Waals surface area contributed by atoms with E-state index < -0.39 is 10.0 Å². The van der Waals surface area contributed by atoms with Gasteiger partial charge in [-0.05, 0) is 55.2 Å². The first kappa shape index (κ1) is 22.1. The number of amides is 1. The van der Waals surface area contributed by atoms with Gasteiger partial charge in [0, 0.05) is 19.6 Å². The van der Waals surface area contributed by atoms with Gasteiger partial charge < -0.3 is 14.4 Å². The number of ether oxygens (including phenoxy) is 2. The van der Waals surface area contributed by atoms with Crippen molar-refractivity contribution in [2.75, 3.05) is 33.4 Å². The van der Waals surface area contributed by atoms with Crippen molar-refractivity contribution in [2.24, 2.45) is 5.92 Å². The lowest BCUT2D eigenvalue weighted by atomic mass is 9.98. The molecule has 8 heteroatoms. The fraction of sp³-hybridized carbons (Fsp3) is 0.409. The Hall–Kier alpha value is -2.58. The van der Waals surface area contributed by atoms with Crippen LogP contribution in [0.3, 0.4) is 0 Å². The molecule has 1 amide bonds. The third-order valence-electron chi connectivity index (χ3n) is 5.13. The second-order valence-electron chi connectivity index (χ2n) is 7.29. The molecule has 0 radical (unpaired) electrons. The van der Waals surface area contributed by atoms with Gasteiger partial charge >= 0.3 is 0 Å². The first-order valence-electron chi connectivity index (χ1n) is 10.1. The van der Waals surface area contributed by atoms with E-state index in [1.807, 2.05) is 35.2 Å². The van der Waals surface area contributed by atoms with Crippen molar-refractivity contribution < 1.29 is 22.7 Å². The highest BCUT2D eigenvalue weighted by atomic mass is 32.2. The minimum Gasteiger partial charge on any atom is -0.497 e. The van der Waals surface area contributed by atoms with Crippen LogP contribution in [0.25, 0.3) is 0 Å². The maximum Gasteiger partial charge on any atom is 0.240 e. The minimum absolute atomic E-state index is 0.0358. The molecule has 7 nitrogen and oxygen atoms in total. The third-order valence-corrected chi connectivity index (χ3v) is 6.57. The molecule has 0 aliphatic carbocycles. The third kappa shape index (κ3) is 6.21. The number of likely N-dealkylation sites (tertiary alicyclic amines) is 1. The Bertz CT molecular complexity index is 916. The molecule has 3 rings (SSSR count). The summed E-state index contributed by atoms with van der Waals surface area (Å²) in [6.45, 7) is 1.88. The fourth-order valence-electron chi connectivity index (χ4n) is 3.45. The van der Waals surface area contributed by atoms with Gasteiger partial charge in [0.25, 0.3) is 0 Å². The van der Waals surface area contributed by atoms with E-state index in [2.05, 4.69) is 4.72 Å². The molecule has 1 aliphatic heterocycles. The molecule has 1 saturated heterocycles. The van der Waals surface area contributed by atoms with E-state index in [-0.39, 0.29) is 16.7 Å². The van der Waals surface area contributed by atoms with E-state index in [0.717, 1.165) is 18.6 Å². The molecule has 1 aliphatic rings. The van der Waals surface area contributed by atoms with Gasteiger partial charge in [0.2, 0.25) is 15.9 Å². The number of methoxy groups -OCH3 is 1. The van der Waals surface area contributed by atoms with Crippen LogP contribution >= 0.6 is 0 Å². The van der Waals surface area contributed by atoms with Crippen LogP contribution in [0.1, 0.15) is 19.3 Å². The van der Waals surface area contributed by atoms with Crippen molar-refractivity contribution in [2.45, 2.75) is 24.2 Å². The summed E-state index contributed by atoms with van der Waals surface area (Å²) in [7, 11) is -2.06. The largest absolute Gasteiger partial charge is 0.497 e. The van der Waals surface area contributed by atoms with Gasteiger partial charge in [0.05, 0.1) is 25.0 Å². The Morgan fingerprint density at radius 1 is 1.10 bits per heavy atom. The van der Waals surface area contributed by atoms with Gasteiger partial charge in [-0.15, -0.1) is 0 Å². The molecule has 0 unspecified atom stereocenters. The summed E-state index contributed by atoms with van der Waals surface area (Å²) >= 11 is 0. The number of nitrogens with zero attached hydrogens (tertiary/aromatic N) is 1. The molecule has 2 aromatic carbocycles. The zero-order chi connectivity index (χ0) is 21.4. The average Bonchev–Trinajstić information content (AvgIpc) is 2.78. The number of piperidine rings is 1. The van der Waals surface area contributed by atoms with Crippen LogP contribution in [0.5, 0.6) is 11.5 Å². The highest BCUT2D eigenvalue weighted by Crippen LogP contribution is 2.19. The van der Waals surface area contributed by atoms with E-state index in [9.17, 15) is 13.2 Å². The van der Waals surface area contributed by atoms with Crippen LogP contribution in [0.4, 0.5) is 0 Å². The van der Waals surface area contributed by atoms with E-state index in [1.54, 1.807) is 12.1 Å². The summed E-state index contributed by atoms with van der Waals surface area (Å²) in [6, 6.07) is 15.7. The van der Waals surface area contributed by atoms with Crippen molar-refractivity contribution in [1.29, 1.82) is 0 Å². The summed E-state index contributed by atoms with van der Waals surface area (Å²) < 4.78 is 38.4. The van der Waals surface area contributed by atoms with E-state index in [1.165, 1.54) is 19.2 Å². The quantitative estimate of drug-likeness (QED) is 0.659. The van der Waals surface area contributed by atoms with Gasteiger partial charge in [0.15, 0.2) is 0 Å². The molecule has 0 bridgehead atoms.